The van der Waals surface area contributed by atoms with Crippen LogP contribution in [0.25, 0.3) is 0 Å². The lowest BCUT2D eigenvalue weighted by atomic mass is 9.97. The summed E-state index contributed by atoms with van der Waals surface area (Å²) in [6, 6.07) is 17.2. The van der Waals surface area contributed by atoms with Crippen molar-refractivity contribution in [2.45, 2.75) is 6.04 Å². The van der Waals surface area contributed by atoms with Crippen molar-refractivity contribution in [2.24, 2.45) is 0 Å². The first-order valence-electron chi connectivity index (χ1n) is 7.05. The molecule has 3 aromatic rings. The molecule has 0 aliphatic rings. The predicted octanol–water partition coefficient (Wildman–Crippen LogP) is 3.37. The standard InChI is InChI=1S/C18H13ClN2O2/c19-15-11-20-18(23)21(12-15)16(13-7-3-1-4-8-13)17(22)14-9-5-2-6-10-14/h1-12,16H. The van der Waals surface area contributed by atoms with Gasteiger partial charge >= 0.3 is 5.69 Å². The molecule has 0 amide bonds. The summed E-state index contributed by atoms with van der Waals surface area (Å²) in [6.07, 6.45) is 2.71. The SMILES string of the molecule is O=C(c1ccccc1)C(c1ccccc1)n1cc(Cl)cnc1=O. The first-order valence-corrected chi connectivity index (χ1v) is 7.42. The van der Waals surface area contributed by atoms with E-state index in [1.54, 1.807) is 36.4 Å². The number of halogens is 1. The van der Waals surface area contributed by atoms with Crippen LogP contribution >= 0.6 is 11.6 Å². The van der Waals surface area contributed by atoms with Crippen LogP contribution in [0.1, 0.15) is 22.0 Å². The normalized spacial score (nSPS) is 11.9. The third-order valence-corrected chi connectivity index (χ3v) is 3.68. The largest absolute Gasteiger partial charge is 0.348 e. The molecule has 1 atom stereocenters. The van der Waals surface area contributed by atoms with Gasteiger partial charge in [0.2, 0.25) is 0 Å². The van der Waals surface area contributed by atoms with Gasteiger partial charge in [-0.2, -0.15) is 4.98 Å². The molecule has 4 nitrogen and oxygen atoms in total. The van der Waals surface area contributed by atoms with E-state index in [-0.39, 0.29) is 5.78 Å². The summed E-state index contributed by atoms with van der Waals surface area (Å²) in [5, 5.41) is 0.298. The number of carbonyl (C=O) groups excluding carboxylic acids is 1. The minimum atomic E-state index is -0.808. The maximum atomic E-state index is 13.0. The average Bonchev–Trinajstić information content (AvgIpc) is 2.60. The van der Waals surface area contributed by atoms with Crippen LogP contribution in [0, 0.1) is 0 Å². The van der Waals surface area contributed by atoms with Gasteiger partial charge in [-0.15, -0.1) is 0 Å². The Hall–Kier alpha value is -2.72. The highest BCUT2D eigenvalue weighted by Crippen LogP contribution is 2.22. The van der Waals surface area contributed by atoms with Crippen molar-refractivity contribution in [3.8, 4) is 0 Å². The second-order valence-corrected chi connectivity index (χ2v) is 5.44. The zero-order valence-corrected chi connectivity index (χ0v) is 12.9. The fourth-order valence-corrected chi connectivity index (χ4v) is 2.58. The lowest BCUT2D eigenvalue weighted by Gasteiger charge is -2.19. The summed E-state index contributed by atoms with van der Waals surface area (Å²) in [6.45, 7) is 0. The first-order chi connectivity index (χ1) is 11.2. The maximum absolute atomic E-state index is 13.0. The summed E-state index contributed by atoms with van der Waals surface area (Å²) < 4.78 is 1.27. The highest BCUT2D eigenvalue weighted by molar-refractivity contribution is 6.30. The highest BCUT2D eigenvalue weighted by Gasteiger charge is 2.25. The Morgan fingerprint density at radius 3 is 2.26 bits per heavy atom. The van der Waals surface area contributed by atoms with Crippen LogP contribution < -0.4 is 5.69 Å². The fraction of sp³-hybridized carbons (Fsp3) is 0.0556. The van der Waals surface area contributed by atoms with Crippen molar-refractivity contribution in [3.63, 3.8) is 0 Å². The lowest BCUT2D eigenvalue weighted by Crippen LogP contribution is -2.32. The minimum absolute atomic E-state index is 0.192. The van der Waals surface area contributed by atoms with Crippen molar-refractivity contribution in [2.75, 3.05) is 0 Å². The van der Waals surface area contributed by atoms with Crippen molar-refractivity contribution >= 4 is 17.4 Å². The van der Waals surface area contributed by atoms with E-state index in [1.165, 1.54) is 17.0 Å². The molecule has 2 aromatic carbocycles. The summed E-state index contributed by atoms with van der Waals surface area (Å²) >= 11 is 5.97. The molecule has 5 heteroatoms. The third-order valence-electron chi connectivity index (χ3n) is 3.48. The Kier molecular flexibility index (Phi) is 4.35. The Labute approximate surface area is 138 Å². The molecule has 23 heavy (non-hydrogen) atoms. The Morgan fingerprint density at radius 2 is 1.61 bits per heavy atom. The predicted molar refractivity (Wildman–Crippen MR) is 88.9 cm³/mol. The Morgan fingerprint density at radius 1 is 1.00 bits per heavy atom. The van der Waals surface area contributed by atoms with Crippen LogP contribution in [0.2, 0.25) is 5.02 Å². The number of hydrogen-bond acceptors (Lipinski definition) is 3. The van der Waals surface area contributed by atoms with E-state index in [0.29, 0.717) is 16.1 Å². The molecule has 1 aromatic heterocycles. The van der Waals surface area contributed by atoms with Gasteiger partial charge in [0.15, 0.2) is 5.78 Å². The molecule has 114 valence electrons. The van der Waals surface area contributed by atoms with E-state index >= 15 is 0 Å². The summed E-state index contributed by atoms with van der Waals surface area (Å²) in [5.74, 6) is -0.192. The fourth-order valence-electron chi connectivity index (χ4n) is 2.42. The van der Waals surface area contributed by atoms with E-state index in [0.717, 1.165) is 0 Å². The first kappa shape index (κ1) is 15.2. The molecular weight excluding hydrogens is 312 g/mol. The van der Waals surface area contributed by atoms with Crippen LogP contribution in [0.5, 0.6) is 0 Å². The lowest BCUT2D eigenvalue weighted by molar-refractivity contribution is 0.0943. The molecule has 0 bridgehead atoms. The maximum Gasteiger partial charge on any atom is 0.348 e. The smallest absolute Gasteiger partial charge is 0.291 e. The van der Waals surface area contributed by atoms with Crippen molar-refractivity contribution < 1.29 is 4.79 Å². The van der Waals surface area contributed by atoms with Crippen molar-refractivity contribution in [1.29, 1.82) is 0 Å². The number of nitrogens with zero attached hydrogens (tertiary/aromatic N) is 2. The van der Waals surface area contributed by atoms with Crippen LogP contribution in [0.4, 0.5) is 0 Å². The van der Waals surface area contributed by atoms with Crippen LogP contribution in [0.15, 0.2) is 77.9 Å². The number of aromatic nitrogens is 2. The van der Waals surface area contributed by atoms with Crippen molar-refractivity contribution in [1.82, 2.24) is 9.55 Å². The molecule has 0 aliphatic carbocycles. The van der Waals surface area contributed by atoms with Gasteiger partial charge in [-0.1, -0.05) is 72.3 Å². The minimum Gasteiger partial charge on any atom is -0.291 e. The topological polar surface area (TPSA) is 52.0 Å². The number of Topliss-reactive ketones (excluding diaryl/α,β-unsaturated/α-hetero) is 1. The molecule has 0 fully saturated rings. The van der Waals surface area contributed by atoms with Gasteiger partial charge < -0.3 is 0 Å². The Balaban J connectivity index is 2.17. The second-order valence-electron chi connectivity index (χ2n) is 5.01. The van der Waals surface area contributed by atoms with Crippen LogP contribution in [0.3, 0.4) is 0 Å². The number of ketones is 1. The van der Waals surface area contributed by atoms with Gasteiger partial charge in [0.1, 0.15) is 6.04 Å². The molecule has 0 N–H and O–H groups in total. The zero-order valence-electron chi connectivity index (χ0n) is 12.1. The Bertz CT molecular complexity index is 876. The molecule has 0 aliphatic heterocycles. The number of benzene rings is 2. The molecular formula is C18H13ClN2O2. The number of hydrogen-bond donors (Lipinski definition) is 0. The summed E-state index contributed by atoms with van der Waals surface area (Å²) in [7, 11) is 0. The van der Waals surface area contributed by atoms with Gasteiger partial charge in [-0.25, -0.2) is 4.79 Å². The van der Waals surface area contributed by atoms with Gasteiger partial charge in [-0.3, -0.25) is 9.36 Å². The second kappa shape index (κ2) is 6.58. The number of carbonyl (C=O) groups is 1. The molecule has 0 spiro atoms. The van der Waals surface area contributed by atoms with E-state index in [9.17, 15) is 9.59 Å². The van der Waals surface area contributed by atoms with E-state index in [1.807, 2.05) is 24.3 Å². The van der Waals surface area contributed by atoms with Crippen molar-refractivity contribution in [3.05, 3.63) is 99.7 Å². The zero-order chi connectivity index (χ0) is 16.2. The summed E-state index contributed by atoms with van der Waals surface area (Å²) in [4.78, 5) is 28.9. The van der Waals surface area contributed by atoms with Crippen LogP contribution in [-0.4, -0.2) is 15.3 Å². The molecule has 1 unspecified atom stereocenters. The third kappa shape index (κ3) is 3.22. The van der Waals surface area contributed by atoms with Gasteiger partial charge in [0.05, 0.1) is 11.2 Å². The number of rotatable bonds is 4. The molecule has 0 radical (unpaired) electrons. The molecule has 0 saturated heterocycles. The molecule has 0 saturated carbocycles. The van der Waals surface area contributed by atoms with Gasteiger partial charge in [0, 0.05) is 11.8 Å². The quantitative estimate of drug-likeness (QED) is 0.691. The summed E-state index contributed by atoms with van der Waals surface area (Å²) in [5.41, 5.74) is 0.702. The average molecular weight is 325 g/mol. The van der Waals surface area contributed by atoms with E-state index in [4.69, 9.17) is 11.6 Å². The molecule has 1 heterocycles. The monoisotopic (exact) mass is 324 g/mol. The van der Waals surface area contributed by atoms with E-state index < -0.39 is 11.7 Å². The molecule has 3 rings (SSSR count). The van der Waals surface area contributed by atoms with Crippen LogP contribution in [-0.2, 0) is 0 Å². The van der Waals surface area contributed by atoms with Gasteiger partial charge in [-0.05, 0) is 5.56 Å². The van der Waals surface area contributed by atoms with E-state index in [2.05, 4.69) is 4.98 Å². The van der Waals surface area contributed by atoms with Gasteiger partial charge in [0.25, 0.3) is 0 Å². The highest BCUT2D eigenvalue weighted by atomic mass is 35.5.